The fourth-order valence-electron chi connectivity index (χ4n) is 2.55. The molecule has 1 aliphatic heterocycles. The van der Waals surface area contributed by atoms with Gasteiger partial charge in [0.15, 0.2) is 0 Å². The SMILES string of the molecule is Cc1ccc(NC(=O)CN2C(=O)S/C(=C/c3ccc(F)c(Br)c3)C2=O)cc1C. The van der Waals surface area contributed by atoms with E-state index in [0.29, 0.717) is 11.3 Å². The van der Waals surface area contributed by atoms with Gasteiger partial charge >= 0.3 is 0 Å². The molecular formula is C20H16BrFN2O3S. The number of hydrogen-bond donors (Lipinski definition) is 1. The summed E-state index contributed by atoms with van der Waals surface area (Å²) in [4.78, 5) is 38.0. The molecule has 0 bridgehead atoms. The van der Waals surface area contributed by atoms with Gasteiger partial charge in [-0.05, 0) is 88.6 Å². The van der Waals surface area contributed by atoms with Crippen LogP contribution in [0.3, 0.4) is 0 Å². The molecule has 8 heteroatoms. The lowest BCUT2D eigenvalue weighted by atomic mass is 10.1. The zero-order valence-corrected chi connectivity index (χ0v) is 17.5. The summed E-state index contributed by atoms with van der Waals surface area (Å²) in [5.74, 6) is -1.43. The first kappa shape index (κ1) is 20.3. The number of nitrogens with zero attached hydrogens (tertiary/aromatic N) is 1. The number of carbonyl (C=O) groups is 3. The number of rotatable bonds is 4. The van der Waals surface area contributed by atoms with Crippen LogP contribution < -0.4 is 5.32 Å². The van der Waals surface area contributed by atoms with E-state index in [9.17, 15) is 18.8 Å². The third kappa shape index (κ3) is 4.51. The Balaban J connectivity index is 1.70. The molecule has 0 saturated carbocycles. The monoisotopic (exact) mass is 462 g/mol. The zero-order chi connectivity index (χ0) is 20.4. The molecule has 2 aromatic rings. The van der Waals surface area contributed by atoms with Gasteiger partial charge in [-0.1, -0.05) is 12.1 Å². The Kier molecular flexibility index (Phi) is 6.00. The van der Waals surface area contributed by atoms with Crippen LogP contribution in [-0.2, 0) is 9.59 Å². The van der Waals surface area contributed by atoms with E-state index in [1.807, 2.05) is 26.0 Å². The van der Waals surface area contributed by atoms with Crippen LogP contribution >= 0.6 is 27.7 Å². The number of amides is 3. The molecule has 1 N–H and O–H groups in total. The van der Waals surface area contributed by atoms with Gasteiger partial charge in [-0.2, -0.15) is 0 Å². The molecule has 5 nitrogen and oxygen atoms in total. The maximum atomic E-state index is 13.3. The number of aryl methyl sites for hydroxylation is 2. The first-order chi connectivity index (χ1) is 13.2. The van der Waals surface area contributed by atoms with E-state index in [1.165, 1.54) is 24.3 Å². The molecular weight excluding hydrogens is 447 g/mol. The molecule has 1 aliphatic rings. The Morgan fingerprint density at radius 1 is 1.18 bits per heavy atom. The van der Waals surface area contributed by atoms with Crippen LogP contribution in [0.4, 0.5) is 14.9 Å². The molecule has 1 saturated heterocycles. The predicted octanol–water partition coefficient (Wildman–Crippen LogP) is 4.88. The summed E-state index contributed by atoms with van der Waals surface area (Å²) < 4.78 is 13.6. The fourth-order valence-corrected chi connectivity index (χ4v) is 3.79. The number of thioether (sulfide) groups is 1. The van der Waals surface area contributed by atoms with Gasteiger partial charge in [0.25, 0.3) is 11.1 Å². The molecule has 3 amide bonds. The number of halogens is 2. The number of imide groups is 1. The van der Waals surface area contributed by atoms with E-state index in [0.717, 1.165) is 27.8 Å². The lowest BCUT2D eigenvalue weighted by Gasteiger charge is -2.13. The lowest BCUT2D eigenvalue weighted by Crippen LogP contribution is -2.36. The van der Waals surface area contributed by atoms with Crippen molar-refractivity contribution in [3.05, 3.63) is 68.3 Å². The molecule has 28 heavy (non-hydrogen) atoms. The van der Waals surface area contributed by atoms with Crippen molar-refractivity contribution >= 4 is 56.5 Å². The molecule has 0 radical (unpaired) electrons. The van der Waals surface area contributed by atoms with Crippen LogP contribution in [-0.4, -0.2) is 28.5 Å². The van der Waals surface area contributed by atoms with Crippen LogP contribution in [0.15, 0.2) is 45.8 Å². The third-order valence-electron chi connectivity index (χ3n) is 4.21. The highest BCUT2D eigenvalue weighted by molar-refractivity contribution is 9.10. The summed E-state index contributed by atoms with van der Waals surface area (Å²) in [5.41, 5.74) is 3.30. The average molecular weight is 463 g/mol. The maximum absolute atomic E-state index is 13.3. The standard InChI is InChI=1S/C20H16BrFN2O3S/c1-11-3-5-14(7-12(11)2)23-18(25)10-24-19(26)17(28-20(24)27)9-13-4-6-16(22)15(21)8-13/h3-9H,10H2,1-2H3,(H,23,25)/b17-9+. The second-order valence-electron chi connectivity index (χ2n) is 6.29. The van der Waals surface area contributed by atoms with E-state index in [1.54, 1.807) is 6.07 Å². The molecule has 144 valence electrons. The van der Waals surface area contributed by atoms with Gasteiger partial charge in [0.1, 0.15) is 12.4 Å². The minimum Gasteiger partial charge on any atom is -0.325 e. The first-order valence-electron chi connectivity index (χ1n) is 8.32. The fraction of sp³-hybridized carbons (Fsp3) is 0.150. The van der Waals surface area contributed by atoms with Crippen molar-refractivity contribution in [2.45, 2.75) is 13.8 Å². The van der Waals surface area contributed by atoms with Crippen LogP contribution in [0.5, 0.6) is 0 Å². The summed E-state index contributed by atoms with van der Waals surface area (Å²) >= 11 is 3.83. The molecule has 0 aliphatic carbocycles. The Hall–Kier alpha value is -2.45. The number of hydrogen-bond acceptors (Lipinski definition) is 4. The van der Waals surface area contributed by atoms with Crippen molar-refractivity contribution in [3.63, 3.8) is 0 Å². The highest BCUT2D eigenvalue weighted by Crippen LogP contribution is 2.32. The van der Waals surface area contributed by atoms with Crippen LogP contribution in [0.25, 0.3) is 6.08 Å². The van der Waals surface area contributed by atoms with Gasteiger partial charge in [-0.3, -0.25) is 19.3 Å². The quantitative estimate of drug-likeness (QED) is 0.657. The summed E-state index contributed by atoms with van der Waals surface area (Å²) in [7, 11) is 0. The summed E-state index contributed by atoms with van der Waals surface area (Å²) in [6, 6.07) is 9.75. The van der Waals surface area contributed by atoms with Crippen LogP contribution in [0, 0.1) is 19.7 Å². The molecule has 0 aromatic heterocycles. The second-order valence-corrected chi connectivity index (χ2v) is 8.14. The molecule has 0 spiro atoms. The van der Waals surface area contributed by atoms with Gasteiger partial charge in [0.2, 0.25) is 5.91 Å². The average Bonchev–Trinajstić information content (AvgIpc) is 2.89. The summed E-state index contributed by atoms with van der Waals surface area (Å²) in [5, 5.41) is 2.17. The number of anilines is 1. The van der Waals surface area contributed by atoms with Crippen molar-refractivity contribution in [2.24, 2.45) is 0 Å². The highest BCUT2D eigenvalue weighted by Gasteiger charge is 2.36. The van der Waals surface area contributed by atoms with Crippen molar-refractivity contribution in [2.75, 3.05) is 11.9 Å². The minimum atomic E-state index is -0.550. The van der Waals surface area contributed by atoms with Crippen molar-refractivity contribution < 1.29 is 18.8 Å². The number of benzene rings is 2. The minimum absolute atomic E-state index is 0.183. The van der Waals surface area contributed by atoms with Gasteiger partial charge in [-0.25, -0.2) is 4.39 Å². The molecule has 1 heterocycles. The first-order valence-corrected chi connectivity index (χ1v) is 9.93. The maximum Gasteiger partial charge on any atom is 0.294 e. The van der Waals surface area contributed by atoms with E-state index >= 15 is 0 Å². The Morgan fingerprint density at radius 2 is 1.93 bits per heavy atom. The van der Waals surface area contributed by atoms with Crippen molar-refractivity contribution in [3.8, 4) is 0 Å². The van der Waals surface area contributed by atoms with Gasteiger partial charge in [0, 0.05) is 5.69 Å². The van der Waals surface area contributed by atoms with Gasteiger partial charge in [-0.15, -0.1) is 0 Å². The van der Waals surface area contributed by atoms with E-state index in [-0.39, 0.29) is 15.9 Å². The third-order valence-corrected chi connectivity index (χ3v) is 5.72. The predicted molar refractivity (Wildman–Crippen MR) is 111 cm³/mol. The smallest absolute Gasteiger partial charge is 0.294 e. The largest absolute Gasteiger partial charge is 0.325 e. The summed E-state index contributed by atoms with van der Waals surface area (Å²) in [6.45, 7) is 3.52. The molecule has 0 atom stereocenters. The zero-order valence-electron chi connectivity index (χ0n) is 15.1. The van der Waals surface area contributed by atoms with Crippen molar-refractivity contribution in [1.29, 1.82) is 0 Å². The van der Waals surface area contributed by atoms with Gasteiger partial charge in [0.05, 0.1) is 9.38 Å². The summed E-state index contributed by atoms with van der Waals surface area (Å²) in [6.07, 6.45) is 1.50. The van der Waals surface area contributed by atoms with Crippen LogP contribution in [0.1, 0.15) is 16.7 Å². The Bertz CT molecular complexity index is 1020. The molecule has 0 unspecified atom stereocenters. The Morgan fingerprint density at radius 3 is 2.61 bits per heavy atom. The van der Waals surface area contributed by atoms with E-state index in [4.69, 9.17) is 0 Å². The molecule has 1 fully saturated rings. The molecule has 2 aromatic carbocycles. The molecule has 3 rings (SSSR count). The second kappa shape index (κ2) is 8.28. The van der Waals surface area contributed by atoms with Crippen molar-refractivity contribution in [1.82, 2.24) is 4.90 Å². The van der Waals surface area contributed by atoms with E-state index < -0.39 is 22.9 Å². The number of carbonyl (C=O) groups excluding carboxylic acids is 3. The Labute approximate surface area is 174 Å². The highest BCUT2D eigenvalue weighted by atomic mass is 79.9. The van der Waals surface area contributed by atoms with Gasteiger partial charge < -0.3 is 5.32 Å². The number of nitrogens with one attached hydrogen (secondary N) is 1. The van der Waals surface area contributed by atoms with E-state index in [2.05, 4.69) is 21.2 Å². The van der Waals surface area contributed by atoms with Crippen LogP contribution in [0.2, 0.25) is 0 Å². The topological polar surface area (TPSA) is 66.5 Å². The lowest BCUT2D eigenvalue weighted by molar-refractivity contribution is -0.127. The normalized spacial score (nSPS) is 15.4.